The monoisotopic (exact) mass is 527 g/mol. The number of hydrogen-bond acceptors (Lipinski definition) is 4. The fourth-order valence-corrected chi connectivity index (χ4v) is 6.26. The lowest BCUT2D eigenvalue weighted by molar-refractivity contribution is -0.114. The van der Waals surface area contributed by atoms with Crippen LogP contribution in [0.4, 0.5) is 11.4 Å². The topological polar surface area (TPSA) is 91.6 Å². The molecule has 0 radical (unpaired) electrons. The van der Waals surface area contributed by atoms with Crippen LogP contribution in [0, 0.1) is 6.92 Å². The Kier molecular flexibility index (Phi) is 6.93. The van der Waals surface area contributed by atoms with Crippen molar-refractivity contribution in [2.75, 3.05) is 16.2 Å². The molecule has 0 unspecified atom stereocenters. The van der Waals surface area contributed by atoms with Crippen molar-refractivity contribution in [3.8, 4) is 0 Å². The van der Waals surface area contributed by atoms with Crippen molar-refractivity contribution in [2.45, 2.75) is 31.4 Å². The molecular formula is C30H29N3O4S. The molecule has 194 valence electrons. The van der Waals surface area contributed by atoms with Crippen molar-refractivity contribution < 1.29 is 18.3 Å². The van der Waals surface area contributed by atoms with Gasteiger partial charge in [0.25, 0.3) is 10.0 Å². The molecule has 0 aliphatic heterocycles. The van der Waals surface area contributed by atoms with Crippen molar-refractivity contribution in [2.24, 2.45) is 0 Å². The van der Waals surface area contributed by atoms with Crippen LogP contribution in [0.2, 0.25) is 0 Å². The summed E-state index contributed by atoms with van der Waals surface area (Å²) < 4.78 is 30.9. The van der Waals surface area contributed by atoms with Gasteiger partial charge in [0.1, 0.15) is 0 Å². The third-order valence-corrected chi connectivity index (χ3v) is 8.34. The molecule has 0 bridgehead atoms. The van der Waals surface area contributed by atoms with E-state index in [1.165, 1.54) is 11.2 Å². The highest BCUT2D eigenvalue weighted by atomic mass is 32.2. The number of benzene rings is 4. The lowest BCUT2D eigenvalue weighted by Crippen LogP contribution is -2.39. The molecule has 0 aliphatic rings. The molecule has 0 fully saturated rings. The molecule has 1 amide bonds. The number of rotatable bonds is 8. The zero-order valence-electron chi connectivity index (χ0n) is 21.2. The van der Waals surface area contributed by atoms with Gasteiger partial charge >= 0.3 is 0 Å². The van der Waals surface area contributed by atoms with Gasteiger partial charge in [-0.25, -0.2) is 8.42 Å². The van der Waals surface area contributed by atoms with E-state index < -0.39 is 16.1 Å². The summed E-state index contributed by atoms with van der Waals surface area (Å²) in [6.07, 6.45) is -1.01. The maximum Gasteiger partial charge on any atom is 0.264 e. The maximum absolute atomic E-state index is 13.8. The Labute approximate surface area is 222 Å². The summed E-state index contributed by atoms with van der Waals surface area (Å²) in [5.74, 6) is -0.219. The molecule has 2 N–H and O–H groups in total. The minimum Gasteiger partial charge on any atom is -0.389 e. The number of aliphatic hydroxyl groups excluding tert-OH is 1. The molecule has 1 aromatic heterocycles. The van der Waals surface area contributed by atoms with E-state index in [0.29, 0.717) is 11.4 Å². The quantitative estimate of drug-likeness (QED) is 0.286. The van der Waals surface area contributed by atoms with Gasteiger partial charge in [0, 0.05) is 34.4 Å². The lowest BCUT2D eigenvalue weighted by atomic mass is 10.2. The summed E-state index contributed by atoms with van der Waals surface area (Å²) in [6, 6.07) is 29.2. The number of sulfonamides is 1. The van der Waals surface area contributed by atoms with Crippen LogP contribution in [0.1, 0.15) is 12.5 Å². The predicted molar refractivity (Wildman–Crippen MR) is 152 cm³/mol. The molecule has 5 rings (SSSR count). The first kappa shape index (κ1) is 25.5. The molecule has 8 heteroatoms. The molecule has 38 heavy (non-hydrogen) atoms. The maximum atomic E-state index is 13.8. The van der Waals surface area contributed by atoms with E-state index in [-0.39, 0.29) is 23.9 Å². The van der Waals surface area contributed by atoms with Crippen molar-refractivity contribution in [3.05, 3.63) is 103 Å². The zero-order chi connectivity index (χ0) is 26.9. The van der Waals surface area contributed by atoms with E-state index in [1.807, 2.05) is 60.0 Å². The fourth-order valence-electron chi connectivity index (χ4n) is 4.75. The Morgan fingerprint density at radius 2 is 1.42 bits per heavy atom. The molecular weight excluding hydrogens is 498 g/mol. The SMILES string of the molecule is CC(=O)Nc1ccc(N(C[C@H](O)Cn2c3ccccc3c3ccccc32)S(=O)(=O)c2ccc(C)cc2)cc1. The number of hydrogen-bond donors (Lipinski definition) is 2. The van der Waals surface area contributed by atoms with E-state index in [4.69, 9.17) is 0 Å². The summed E-state index contributed by atoms with van der Waals surface area (Å²) in [7, 11) is -3.99. The molecule has 5 aromatic rings. The number of nitrogens with zero attached hydrogens (tertiary/aromatic N) is 2. The number of carbonyl (C=O) groups is 1. The van der Waals surface area contributed by atoms with Crippen LogP contribution in [-0.4, -0.2) is 36.6 Å². The van der Waals surface area contributed by atoms with Crippen molar-refractivity contribution in [1.82, 2.24) is 4.57 Å². The van der Waals surface area contributed by atoms with Gasteiger partial charge in [-0.15, -0.1) is 0 Å². The van der Waals surface area contributed by atoms with Crippen LogP contribution >= 0.6 is 0 Å². The van der Waals surface area contributed by atoms with Crippen LogP contribution in [-0.2, 0) is 21.4 Å². The summed E-state index contributed by atoms with van der Waals surface area (Å²) in [4.78, 5) is 11.6. The second-order valence-corrected chi connectivity index (χ2v) is 11.2. The second-order valence-electron chi connectivity index (χ2n) is 9.38. The van der Waals surface area contributed by atoms with Crippen molar-refractivity contribution in [1.29, 1.82) is 0 Å². The summed E-state index contributed by atoms with van der Waals surface area (Å²) >= 11 is 0. The number of carbonyl (C=O) groups excluding carboxylic acids is 1. The summed E-state index contributed by atoms with van der Waals surface area (Å²) in [6.45, 7) is 3.35. The van der Waals surface area contributed by atoms with Gasteiger partial charge in [0.2, 0.25) is 5.91 Å². The normalized spacial score (nSPS) is 12.5. The first-order valence-electron chi connectivity index (χ1n) is 12.3. The Hall–Kier alpha value is -4.14. The molecule has 4 aromatic carbocycles. The molecule has 1 atom stereocenters. The van der Waals surface area contributed by atoms with Crippen LogP contribution in [0.25, 0.3) is 21.8 Å². The van der Waals surface area contributed by atoms with Crippen molar-refractivity contribution in [3.63, 3.8) is 0 Å². The van der Waals surface area contributed by atoms with E-state index >= 15 is 0 Å². The van der Waals surface area contributed by atoms with E-state index in [9.17, 15) is 18.3 Å². The third kappa shape index (κ3) is 5.01. The minimum atomic E-state index is -3.99. The Morgan fingerprint density at radius 1 is 0.868 bits per heavy atom. The molecule has 7 nitrogen and oxygen atoms in total. The van der Waals surface area contributed by atoms with Gasteiger partial charge in [-0.1, -0.05) is 54.1 Å². The van der Waals surface area contributed by atoms with Crippen LogP contribution in [0.5, 0.6) is 0 Å². The zero-order valence-corrected chi connectivity index (χ0v) is 22.0. The number of amides is 1. The number of aromatic nitrogens is 1. The van der Waals surface area contributed by atoms with Gasteiger partial charge in [-0.3, -0.25) is 9.10 Å². The third-order valence-electron chi connectivity index (χ3n) is 6.53. The van der Waals surface area contributed by atoms with Crippen molar-refractivity contribution >= 4 is 49.1 Å². The van der Waals surface area contributed by atoms with Gasteiger partial charge in [0.15, 0.2) is 0 Å². The smallest absolute Gasteiger partial charge is 0.264 e. The number of aryl methyl sites for hydroxylation is 1. The molecule has 0 spiro atoms. The van der Waals surface area contributed by atoms with E-state index in [2.05, 4.69) is 5.32 Å². The highest BCUT2D eigenvalue weighted by molar-refractivity contribution is 7.92. The average molecular weight is 528 g/mol. The molecule has 1 heterocycles. The molecule has 0 saturated heterocycles. The van der Waals surface area contributed by atoms with E-state index in [1.54, 1.807) is 48.5 Å². The number of anilines is 2. The fraction of sp³-hybridized carbons (Fsp3) is 0.167. The number of aliphatic hydroxyl groups is 1. The molecule has 0 saturated carbocycles. The Bertz CT molecular complexity index is 1660. The summed E-state index contributed by atoms with van der Waals surface area (Å²) in [5, 5.41) is 16.2. The largest absolute Gasteiger partial charge is 0.389 e. The van der Waals surface area contributed by atoms with Crippen LogP contribution < -0.4 is 9.62 Å². The lowest BCUT2D eigenvalue weighted by Gasteiger charge is -2.27. The number of para-hydroxylation sites is 2. The predicted octanol–water partition coefficient (Wildman–Crippen LogP) is 5.32. The Morgan fingerprint density at radius 3 is 1.97 bits per heavy atom. The summed E-state index contributed by atoms with van der Waals surface area (Å²) in [5.41, 5.74) is 3.84. The standard InChI is InChI=1S/C30H29N3O4S/c1-21-11-17-26(18-12-21)38(36,37)33(24-15-13-23(14-16-24)31-22(2)34)20-25(35)19-32-29-9-5-3-7-27(29)28-8-4-6-10-30(28)32/h3-18,25,35H,19-20H2,1-2H3,(H,31,34)/t25-/m1/s1. The first-order chi connectivity index (χ1) is 18.2. The van der Waals surface area contributed by atoms with Gasteiger partial charge in [0.05, 0.1) is 29.8 Å². The van der Waals surface area contributed by atoms with Gasteiger partial charge < -0.3 is 15.0 Å². The number of fused-ring (bicyclic) bond motifs is 3. The average Bonchev–Trinajstić information content (AvgIpc) is 3.21. The van der Waals surface area contributed by atoms with Gasteiger partial charge in [-0.2, -0.15) is 0 Å². The number of nitrogens with one attached hydrogen (secondary N) is 1. The molecule has 0 aliphatic carbocycles. The minimum absolute atomic E-state index is 0.137. The first-order valence-corrected chi connectivity index (χ1v) is 13.8. The highest BCUT2D eigenvalue weighted by Crippen LogP contribution is 2.30. The van der Waals surface area contributed by atoms with Gasteiger partial charge in [-0.05, 0) is 55.5 Å². The highest BCUT2D eigenvalue weighted by Gasteiger charge is 2.28. The van der Waals surface area contributed by atoms with Crippen LogP contribution in [0.15, 0.2) is 102 Å². The second kappa shape index (κ2) is 10.3. The van der Waals surface area contributed by atoms with E-state index in [0.717, 1.165) is 27.4 Å². The van der Waals surface area contributed by atoms with Crippen LogP contribution in [0.3, 0.4) is 0 Å². The Balaban J connectivity index is 1.51.